The summed E-state index contributed by atoms with van der Waals surface area (Å²) in [6.45, 7) is 1.95. The zero-order valence-corrected chi connectivity index (χ0v) is 36.5. The van der Waals surface area contributed by atoms with Gasteiger partial charge in [-0.15, -0.1) is 0 Å². The molecule has 64 heavy (non-hydrogen) atoms. The molecular weight excluding hydrogens is 834 g/mol. The monoisotopic (exact) mass is 885 g/mol. The number of carbonyl (C=O) groups is 3. The van der Waals surface area contributed by atoms with Crippen LogP contribution >= 0.6 is 7.82 Å². The van der Waals surface area contributed by atoms with E-state index in [1.807, 2.05) is 152 Å². The molecule has 6 aromatic carbocycles. The Balaban J connectivity index is 1.18. The number of phosphoric ester groups is 1. The number of ether oxygens (including phenoxy) is 3. The molecule has 0 aliphatic rings. The van der Waals surface area contributed by atoms with E-state index >= 15 is 0 Å². The van der Waals surface area contributed by atoms with Gasteiger partial charge in [0, 0.05) is 19.4 Å². The molecule has 0 aromatic heterocycles. The van der Waals surface area contributed by atoms with Crippen LogP contribution in [-0.4, -0.2) is 30.1 Å². The number of hydrazine groups is 1. The highest BCUT2D eigenvalue weighted by atomic mass is 31.2. The molecule has 332 valence electrons. The third kappa shape index (κ3) is 15.5. The molecule has 0 bridgehead atoms. The van der Waals surface area contributed by atoms with Gasteiger partial charge in [-0.3, -0.25) is 19.3 Å². The van der Waals surface area contributed by atoms with Gasteiger partial charge in [0.1, 0.15) is 25.4 Å². The first-order valence-electron chi connectivity index (χ1n) is 20.8. The number of rotatable bonds is 24. The molecule has 3 N–H and O–H groups in total. The Morgan fingerprint density at radius 3 is 1.53 bits per heavy atom. The summed E-state index contributed by atoms with van der Waals surface area (Å²) in [6.07, 6.45) is -0.254. The van der Waals surface area contributed by atoms with Crippen molar-refractivity contribution in [2.45, 2.75) is 64.8 Å². The van der Waals surface area contributed by atoms with E-state index in [1.165, 1.54) is 0 Å². The van der Waals surface area contributed by atoms with Crippen molar-refractivity contribution in [2.24, 2.45) is 0 Å². The van der Waals surface area contributed by atoms with E-state index in [-0.39, 0.29) is 63.9 Å². The summed E-state index contributed by atoms with van der Waals surface area (Å²) in [5, 5.41) is 2.65. The quantitative estimate of drug-likeness (QED) is 0.0230. The predicted octanol–water partition coefficient (Wildman–Crippen LogP) is 9.56. The summed E-state index contributed by atoms with van der Waals surface area (Å²) in [5.74, 6) is -0.776. The van der Waals surface area contributed by atoms with E-state index in [0.717, 1.165) is 27.8 Å². The Labute approximate surface area is 373 Å². The molecule has 0 spiro atoms. The van der Waals surface area contributed by atoms with Crippen molar-refractivity contribution in [1.82, 2.24) is 16.2 Å². The second-order valence-electron chi connectivity index (χ2n) is 14.9. The largest absolute Gasteiger partial charge is 0.530 e. The van der Waals surface area contributed by atoms with E-state index in [0.29, 0.717) is 12.0 Å². The molecule has 6 rings (SSSR count). The number of hydrogen-bond donors (Lipinski definition) is 3. The first-order valence-corrected chi connectivity index (χ1v) is 22.3. The van der Waals surface area contributed by atoms with Crippen LogP contribution in [-0.2, 0) is 72.1 Å². The fourth-order valence-corrected chi connectivity index (χ4v) is 7.38. The molecule has 0 saturated carbocycles. The number of alkyl carbamates (subject to hydrolysis) is 1. The van der Waals surface area contributed by atoms with Gasteiger partial charge >= 0.3 is 19.9 Å². The highest BCUT2D eigenvalue weighted by Gasteiger charge is 2.37. The Kier molecular flexibility index (Phi) is 17.7. The zero-order chi connectivity index (χ0) is 44.9. The van der Waals surface area contributed by atoms with Crippen LogP contribution in [0.25, 0.3) is 0 Å². The molecule has 13 nitrogen and oxygen atoms in total. The van der Waals surface area contributed by atoms with E-state index in [4.69, 9.17) is 27.8 Å². The highest BCUT2D eigenvalue weighted by molar-refractivity contribution is 7.48. The van der Waals surface area contributed by atoms with Gasteiger partial charge in [-0.25, -0.2) is 19.6 Å². The summed E-state index contributed by atoms with van der Waals surface area (Å²) in [4.78, 5) is 39.2. The van der Waals surface area contributed by atoms with Gasteiger partial charge in [0.2, 0.25) is 5.91 Å². The second-order valence-corrected chi connectivity index (χ2v) is 16.5. The molecule has 1 atom stereocenters. The van der Waals surface area contributed by atoms with Gasteiger partial charge in [-0.1, -0.05) is 158 Å². The van der Waals surface area contributed by atoms with Crippen LogP contribution < -0.4 is 25.4 Å². The van der Waals surface area contributed by atoms with Gasteiger partial charge < -0.3 is 24.1 Å². The number of carbonyl (C=O) groups excluding carboxylic acids is 3. The summed E-state index contributed by atoms with van der Waals surface area (Å²) >= 11 is 0. The van der Waals surface area contributed by atoms with Crippen molar-refractivity contribution in [1.29, 1.82) is 0 Å². The fourth-order valence-electron chi connectivity index (χ4n) is 6.19. The van der Waals surface area contributed by atoms with Gasteiger partial charge in [-0.2, -0.15) is 0 Å². The van der Waals surface area contributed by atoms with Gasteiger partial charge in [0.05, 0.1) is 13.2 Å². The average Bonchev–Trinajstić information content (AvgIpc) is 3.33. The lowest BCUT2D eigenvalue weighted by Crippen LogP contribution is -2.59. The maximum absolute atomic E-state index is 14.4. The van der Waals surface area contributed by atoms with Crippen molar-refractivity contribution < 1.29 is 46.7 Å². The highest BCUT2D eigenvalue weighted by Crippen LogP contribution is 2.53. The van der Waals surface area contributed by atoms with Crippen LogP contribution in [0.5, 0.6) is 11.5 Å². The first-order chi connectivity index (χ1) is 31.1. The Bertz CT molecular complexity index is 2370. The van der Waals surface area contributed by atoms with Crippen LogP contribution in [0.3, 0.4) is 0 Å². The van der Waals surface area contributed by atoms with Crippen molar-refractivity contribution in [3.63, 3.8) is 0 Å². The number of benzene rings is 6. The van der Waals surface area contributed by atoms with E-state index in [1.54, 1.807) is 25.1 Å². The van der Waals surface area contributed by atoms with E-state index in [9.17, 15) is 18.9 Å². The predicted molar refractivity (Wildman–Crippen MR) is 241 cm³/mol. The van der Waals surface area contributed by atoms with Crippen molar-refractivity contribution in [3.8, 4) is 11.5 Å². The molecular formula is C50H52N3O10P. The number of amides is 2. The molecule has 0 saturated heterocycles. The number of phosphoric acid groups is 1. The van der Waals surface area contributed by atoms with E-state index < -0.39 is 31.3 Å². The normalized spacial score (nSPS) is 12.0. The Hall–Kier alpha value is -6.76. The third-order valence-electron chi connectivity index (χ3n) is 9.68. The topological polar surface area (TPSA) is 160 Å². The molecule has 0 radical (unpaired) electrons. The molecule has 0 unspecified atom stereocenters. The maximum atomic E-state index is 14.4. The minimum absolute atomic E-state index is 0.00358. The standard InChI is InChI=1S/C50H52N3O10P/c1-50(48(55)59-35-40-20-9-3-10-21-40,53-52-47(54)28-17-31-51-49(56)60-36-41-22-11-4-12-23-41)33-44-29-30-45(46(32-44)58-34-39-18-7-2-8-19-39)63-64(57,61-37-42-24-13-5-14-25-42)62-38-43-26-15-6-16-27-43/h2-16,18-27,29-30,32,53H,17,28,31,33-38H2,1H3,(H,51,56)(H,52,54)/t50-/m0/s1. The minimum Gasteiger partial charge on any atom is -0.485 e. The van der Waals surface area contributed by atoms with Crippen molar-refractivity contribution >= 4 is 25.8 Å². The number of esters is 1. The SMILES string of the molecule is C[C@@](Cc1ccc(OP(=O)(OCc2ccccc2)OCc2ccccc2)c(OCc2ccccc2)c1)(NNC(=O)CCCNC(=O)OCc1ccccc1)C(=O)OCc1ccccc1. The lowest BCUT2D eigenvalue weighted by Gasteiger charge is -2.29. The zero-order valence-electron chi connectivity index (χ0n) is 35.6. The maximum Gasteiger partial charge on any atom is 0.530 e. The third-order valence-corrected chi connectivity index (χ3v) is 11.0. The number of hydrogen-bond acceptors (Lipinski definition) is 11. The second kappa shape index (κ2) is 24.2. The van der Waals surface area contributed by atoms with Crippen LogP contribution in [0, 0.1) is 0 Å². The Morgan fingerprint density at radius 1 is 0.547 bits per heavy atom. The number of nitrogens with one attached hydrogen (secondary N) is 3. The van der Waals surface area contributed by atoms with Crippen LogP contribution in [0.1, 0.15) is 53.1 Å². The van der Waals surface area contributed by atoms with Gasteiger partial charge in [0.25, 0.3) is 0 Å². The fraction of sp³-hybridized carbons (Fsp3) is 0.220. The van der Waals surface area contributed by atoms with Gasteiger partial charge in [0.15, 0.2) is 11.5 Å². The van der Waals surface area contributed by atoms with Crippen LogP contribution in [0.15, 0.2) is 170 Å². The van der Waals surface area contributed by atoms with Crippen LogP contribution in [0.4, 0.5) is 4.79 Å². The lowest BCUT2D eigenvalue weighted by atomic mass is 9.93. The molecule has 6 aromatic rings. The first kappa shape index (κ1) is 46.7. The average molecular weight is 886 g/mol. The summed E-state index contributed by atoms with van der Waals surface area (Å²) < 4.78 is 49.8. The van der Waals surface area contributed by atoms with Crippen molar-refractivity contribution in [3.05, 3.63) is 203 Å². The molecule has 14 heteroatoms. The summed E-state index contributed by atoms with van der Waals surface area (Å²) in [5.41, 5.74) is 8.68. The van der Waals surface area contributed by atoms with Gasteiger partial charge in [-0.05, 0) is 58.9 Å². The minimum atomic E-state index is -4.30. The lowest BCUT2D eigenvalue weighted by molar-refractivity contribution is -0.153. The van der Waals surface area contributed by atoms with Crippen molar-refractivity contribution in [2.75, 3.05) is 6.54 Å². The molecule has 0 fully saturated rings. The molecule has 0 heterocycles. The molecule has 2 amide bonds. The molecule has 0 aliphatic carbocycles. The van der Waals surface area contributed by atoms with E-state index in [2.05, 4.69) is 16.2 Å². The molecule has 0 aliphatic heterocycles. The Morgan fingerprint density at radius 2 is 1.02 bits per heavy atom. The summed E-state index contributed by atoms with van der Waals surface area (Å²) in [6, 6.07) is 51.5. The smallest absolute Gasteiger partial charge is 0.485 e. The van der Waals surface area contributed by atoms with Crippen LogP contribution in [0.2, 0.25) is 0 Å². The summed E-state index contributed by atoms with van der Waals surface area (Å²) in [7, 11) is -4.30.